The second-order valence-electron chi connectivity index (χ2n) is 14.4. The Morgan fingerprint density at radius 1 is 0.392 bits per heavy atom. The van der Waals surface area contributed by atoms with Gasteiger partial charge in [0, 0.05) is 11.5 Å². The predicted octanol–water partition coefficient (Wildman–Crippen LogP) is 13.3. The Bertz CT molecular complexity index is 629. The molecule has 306 valence electrons. The van der Waals surface area contributed by atoms with E-state index in [0.29, 0.717) is 37.6 Å². The molecule has 0 aliphatic heterocycles. The lowest BCUT2D eigenvalue weighted by atomic mass is 10.0. The Morgan fingerprint density at radius 2 is 0.588 bits per heavy atom. The number of rotatable bonds is 40. The van der Waals surface area contributed by atoms with Crippen LogP contribution >= 0.6 is 20.4 Å². The van der Waals surface area contributed by atoms with Crippen LogP contribution < -0.4 is 0 Å². The first-order chi connectivity index (χ1) is 24.9. The van der Waals surface area contributed by atoms with E-state index >= 15 is 0 Å². The van der Waals surface area contributed by atoms with Crippen molar-refractivity contribution in [2.45, 2.75) is 232 Å². The van der Waals surface area contributed by atoms with Gasteiger partial charge >= 0.3 is 20.5 Å². The summed E-state index contributed by atoms with van der Waals surface area (Å²) in [6.07, 6.45) is 44.0. The van der Waals surface area contributed by atoms with Crippen LogP contribution in [0.2, 0.25) is 0 Å². The monoisotopic (exact) mass is 765 g/mol. The summed E-state index contributed by atoms with van der Waals surface area (Å²) in [6.45, 7) is 5.67. The highest BCUT2D eigenvalue weighted by molar-refractivity contribution is 7.99. The summed E-state index contributed by atoms with van der Waals surface area (Å²) < 4.78 is 10.8. The molecule has 0 saturated heterocycles. The van der Waals surface area contributed by atoms with Crippen LogP contribution in [0.15, 0.2) is 0 Å². The van der Waals surface area contributed by atoms with Crippen molar-refractivity contribution in [3.63, 3.8) is 0 Å². The number of hydrogen-bond acceptors (Lipinski definition) is 8. The minimum atomic E-state index is -2.62. The molecular formula is C42H85O7PS. The lowest BCUT2D eigenvalue weighted by Gasteiger charge is -2.06. The smallest absolute Gasteiger partial charge is 0.324 e. The van der Waals surface area contributed by atoms with Crippen molar-refractivity contribution >= 4 is 32.3 Å². The van der Waals surface area contributed by atoms with E-state index in [0.717, 1.165) is 25.7 Å². The zero-order valence-electron chi connectivity index (χ0n) is 33.7. The summed E-state index contributed by atoms with van der Waals surface area (Å²) in [6, 6.07) is 0. The quantitative estimate of drug-likeness (QED) is 0.0321. The third kappa shape index (κ3) is 54.0. The van der Waals surface area contributed by atoms with Gasteiger partial charge in [0.25, 0.3) is 0 Å². The van der Waals surface area contributed by atoms with Crippen molar-refractivity contribution in [2.75, 3.05) is 24.7 Å². The summed E-state index contributed by atoms with van der Waals surface area (Å²) in [5, 5.41) is 0. The molecule has 0 atom stereocenters. The zero-order valence-corrected chi connectivity index (χ0v) is 35.4. The molecule has 51 heavy (non-hydrogen) atoms. The zero-order chi connectivity index (χ0) is 37.7. The molecule has 0 aromatic heterocycles. The first-order valence-electron chi connectivity index (χ1n) is 21.7. The van der Waals surface area contributed by atoms with E-state index in [1.165, 1.54) is 180 Å². The summed E-state index contributed by atoms with van der Waals surface area (Å²) in [4.78, 5) is 45.6. The molecule has 0 radical (unpaired) electrons. The Kier molecular flexibility index (Phi) is 49.2. The van der Waals surface area contributed by atoms with E-state index in [1.807, 2.05) is 0 Å². The SMILES string of the molecule is CCCCCCCCCCCCCCCCCCOC(=O)CCSCCC(=O)OCCCCCCCCCCCCCCCCCC.OP(O)O. The first kappa shape index (κ1) is 52.7. The van der Waals surface area contributed by atoms with Crippen LogP contribution in [0.25, 0.3) is 0 Å². The molecule has 0 fully saturated rings. The second kappa shape index (κ2) is 47.6. The maximum absolute atomic E-state index is 12.0. The molecule has 0 spiro atoms. The minimum Gasteiger partial charge on any atom is -0.466 e. The molecule has 3 N–H and O–H groups in total. The average Bonchev–Trinajstić information content (AvgIpc) is 3.10. The largest absolute Gasteiger partial charge is 0.466 e. The van der Waals surface area contributed by atoms with Crippen molar-refractivity contribution in [3.8, 4) is 0 Å². The molecule has 0 bridgehead atoms. The lowest BCUT2D eigenvalue weighted by Crippen LogP contribution is -2.09. The summed E-state index contributed by atoms with van der Waals surface area (Å²) in [7, 11) is -2.62. The number of ether oxygens (including phenoxy) is 2. The van der Waals surface area contributed by atoms with Crippen LogP contribution in [-0.4, -0.2) is 51.3 Å². The van der Waals surface area contributed by atoms with Gasteiger partial charge in [0.2, 0.25) is 0 Å². The van der Waals surface area contributed by atoms with Gasteiger partial charge in [0.15, 0.2) is 0 Å². The van der Waals surface area contributed by atoms with Crippen LogP contribution in [0.3, 0.4) is 0 Å². The van der Waals surface area contributed by atoms with Gasteiger partial charge in [0.05, 0.1) is 26.1 Å². The molecular weight excluding hydrogens is 679 g/mol. The van der Waals surface area contributed by atoms with E-state index in [2.05, 4.69) is 13.8 Å². The number of hydrogen-bond donors (Lipinski definition) is 3. The van der Waals surface area contributed by atoms with Crippen molar-refractivity contribution in [1.82, 2.24) is 0 Å². The van der Waals surface area contributed by atoms with E-state index in [-0.39, 0.29) is 11.9 Å². The molecule has 0 amide bonds. The molecule has 7 nitrogen and oxygen atoms in total. The van der Waals surface area contributed by atoms with Crippen LogP contribution in [0.5, 0.6) is 0 Å². The van der Waals surface area contributed by atoms with Crippen molar-refractivity contribution < 1.29 is 33.7 Å². The Labute approximate surface area is 322 Å². The molecule has 0 rings (SSSR count). The molecule has 0 aliphatic rings. The molecule has 0 aromatic carbocycles. The van der Waals surface area contributed by atoms with Gasteiger partial charge in [0.1, 0.15) is 0 Å². The topological polar surface area (TPSA) is 113 Å². The maximum atomic E-state index is 12.0. The predicted molar refractivity (Wildman–Crippen MR) is 221 cm³/mol. The Balaban J connectivity index is 0. The fourth-order valence-corrected chi connectivity index (χ4v) is 7.06. The van der Waals surface area contributed by atoms with Gasteiger partial charge in [-0.1, -0.05) is 206 Å². The van der Waals surface area contributed by atoms with Gasteiger partial charge in [-0.3, -0.25) is 9.59 Å². The lowest BCUT2D eigenvalue weighted by molar-refractivity contribution is -0.144. The third-order valence-electron chi connectivity index (χ3n) is 9.42. The fourth-order valence-electron chi connectivity index (χ4n) is 6.23. The molecule has 9 heteroatoms. The Morgan fingerprint density at radius 3 is 0.804 bits per heavy atom. The number of esters is 2. The maximum Gasteiger partial charge on any atom is 0.324 e. The van der Waals surface area contributed by atoms with E-state index < -0.39 is 8.60 Å². The highest BCUT2D eigenvalue weighted by atomic mass is 32.2. The van der Waals surface area contributed by atoms with E-state index in [4.69, 9.17) is 24.2 Å². The first-order valence-corrected chi connectivity index (χ1v) is 24.0. The van der Waals surface area contributed by atoms with Crippen LogP contribution in [0.1, 0.15) is 232 Å². The van der Waals surface area contributed by atoms with Gasteiger partial charge in [-0.05, 0) is 12.8 Å². The van der Waals surface area contributed by atoms with Gasteiger partial charge in [-0.2, -0.15) is 11.8 Å². The van der Waals surface area contributed by atoms with Crippen LogP contribution in [0.4, 0.5) is 0 Å². The number of thioether (sulfide) groups is 1. The van der Waals surface area contributed by atoms with Crippen LogP contribution in [0, 0.1) is 0 Å². The summed E-state index contributed by atoms with van der Waals surface area (Å²) in [5.74, 6) is 1.21. The van der Waals surface area contributed by atoms with Crippen molar-refractivity contribution in [1.29, 1.82) is 0 Å². The highest BCUT2D eigenvalue weighted by Crippen LogP contribution is 2.16. The fraction of sp³-hybridized carbons (Fsp3) is 0.952. The molecule has 0 heterocycles. The third-order valence-corrected chi connectivity index (χ3v) is 10.4. The Hall–Kier alpha value is -0.400. The molecule has 0 aromatic rings. The molecule has 0 aliphatic carbocycles. The number of carbonyl (C=O) groups excluding carboxylic acids is 2. The van der Waals surface area contributed by atoms with Gasteiger partial charge in [-0.25, -0.2) is 0 Å². The molecule has 0 unspecified atom stereocenters. The van der Waals surface area contributed by atoms with Gasteiger partial charge < -0.3 is 24.2 Å². The highest BCUT2D eigenvalue weighted by Gasteiger charge is 2.06. The number of unbranched alkanes of at least 4 members (excludes halogenated alkanes) is 30. The van der Waals surface area contributed by atoms with Crippen molar-refractivity contribution in [2.24, 2.45) is 0 Å². The van der Waals surface area contributed by atoms with Gasteiger partial charge in [-0.15, -0.1) is 0 Å². The van der Waals surface area contributed by atoms with E-state index in [9.17, 15) is 9.59 Å². The number of carbonyl (C=O) groups is 2. The minimum absolute atomic E-state index is 0.107. The van der Waals surface area contributed by atoms with Crippen molar-refractivity contribution in [3.05, 3.63) is 0 Å². The average molecular weight is 765 g/mol. The normalized spacial score (nSPS) is 11.1. The standard InChI is InChI=1S/C42H82O4S.H3O3P/c1-3-5-7-9-11-13-15-17-19-21-23-25-27-29-31-33-37-45-41(43)35-39-47-40-36-42(44)46-38-34-32-30-28-26-24-22-20-18-16-14-12-10-8-6-4-2;1-4(2)3/h3-40H2,1-2H3;1-3H. The second-order valence-corrected chi connectivity index (χ2v) is 16.2. The summed E-state index contributed by atoms with van der Waals surface area (Å²) >= 11 is 1.64. The van der Waals surface area contributed by atoms with E-state index in [1.54, 1.807) is 11.8 Å². The molecule has 0 saturated carbocycles. The summed E-state index contributed by atoms with van der Waals surface area (Å²) in [5.41, 5.74) is 0. The van der Waals surface area contributed by atoms with Crippen LogP contribution in [-0.2, 0) is 19.1 Å².